The molecule has 0 aliphatic heterocycles. The van der Waals surface area contributed by atoms with Crippen LogP contribution in [-0.2, 0) is 4.79 Å². The van der Waals surface area contributed by atoms with Gasteiger partial charge in [-0.3, -0.25) is 10.1 Å². The smallest absolute Gasteiger partial charge is 0.250 e. The number of anilines is 1. The van der Waals surface area contributed by atoms with Gasteiger partial charge in [0, 0.05) is 17.3 Å². The molecule has 0 unspecified atom stereocenters. The van der Waals surface area contributed by atoms with Crippen molar-refractivity contribution in [3.8, 4) is 0 Å². The Labute approximate surface area is 137 Å². The van der Waals surface area contributed by atoms with Crippen LogP contribution in [0.2, 0.25) is 0 Å². The van der Waals surface area contributed by atoms with Crippen LogP contribution in [-0.4, -0.2) is 17.0 Å². The molecule has 23 heavy (non-hydrogen) atoms. The molecule has 0 saturated carbocycles. The fourth-order valence-corrected chi connectivity index (χ4v) is 2.05. The highest BCUT2D eigenvalue weighted by Crippen LogP contribution is 2.18. The van der Waals surface area contributed by atoms with Gasteiger partial charge in [0.25, 0.3) is 0 Å². The van der Waals surface area contributed by atoms with E-state index in [1.807, 2.05) is 0 Å². The summed E-state index contributed by atoms with van der Waals surface area (Å²) in [6.45, 7) is 1.62. The molecule has 0 aliphatic rings. The minimum absolute atomic E-state index is 0.0534. The molecule has 0 radical (unpaired) electrons. The van der Waals surface area contributed by atoms with Gasteiger partial charge in [-0.15, -0.1) is 0 Å². The zero-order valence-corrected chi connectivity index (χ0v) is 13.0. The van der Waals surface area contributed by atoms with Crippen molar-refractivity contribution in [1.82, 2.24) is 5.32 Å². The molecule has 0 saturated heterocycles. The number of nitrogens with one attached hydrogen (secondary N) is 2. The molecule has 0 atom stereocenters. The second kappa shape index (κ2) is 7.37. The van der Waals surface area contributed by atoms with Crippen molar-refractivity contribution in [1.29, 1.82) is 0 Å². The van der Waals surface area contributed by atoms with Crippen LogP contribution in [0, 0.1) is 6.92 Å². The molecule has 0 spiro atoms. The van der Waals surface area contributed by atoms with Crippen LogP contribution >= 0.6 is 12.2 Å². The second-order valence-electron chi connectivity index (χ2n) is 4.56. The van der Waals surface area contributed by atoms with Gasteiger partial charge in [0.05, 0.1) is 12.2 Å². The summed E-state index contributed by atoms with van der Waals surface area (Å²) >= 11 is 5.03. The molecule has 2 N–H and O–H groups in total. The maximum Gasteiger partial charge on any atom is 0.250 e. The molecule has 6 nitrogen and oxygen atoms in total. The predicted octanol–water partition coefficient (Wildman–Crippen LogP) is 1.48. The molecule has 1 amide bonds. The van der Waals surface area contributed by atoms with E-state index in [1.54, 1.807) is 31.2 Å². The molecule has 0 aliphatic carbocycles. The van der Waals surface area contributed by atoms with Gasteiger partial charge in [0.15, 0.2) is 5.11 Å². The number of amides is 1. The third kappa shape index (κ3) is 4.52. The Morgan fingerprint density at radius 3 is 2.70 bits per heavy atom. The highest BCUT2D eigenvalue weighted by molar-refractivity contribution is 7.80. The van der Waals surface area contributed by atoms with E-state index < -0.39 is 11.9 Å². The summed E-state index contributed by atoms with van der Waals surface area (Å²) in [6, 6.07) is 8.05. The number of furan rings is 1. The van der Waals surface area contributed by atoms with Gasteiger partial charge in [-0.05, 0) is 49.0 Å². The van der Waals surface area contributed by atoms with Crippen LogP contribution in [0.3, 0.4) is 0 Å². The van der Waals surface area contributed by atoms with Crippen molar-refractivity contribution >= 4 is 41.0 Å². The minimum atomic E-state index is -1.28. The van der Waals surface area contributed by atoms with Crippen LogP contribution in [0.15, 0.2) is 47.1 Å². The van der Waals surface area contributed by atoms with Crippen molar-refractivity contribution in [2.75, 3.05) is 5.32 Å². The minimum Gasteiger partial charge on any atom is -0.545 e. The number of carbonyl (C=O) groups excluding carboxylic acids is 2. The van der Waals surface area contributed by atoms with Gasteiger partial charge < -0.3 is 19.6 Å². The molecule has 2 aromatic rings. The lowest BCUT2D eigenvalue weighted by molar-refractivity contribution is -0.255. The summed E-state index contributed by atoms with van der Waals surface area (Å²) in [5.41, 5.74) is 1.00. The van der Waals surface area contributed by atoms with E-state index in [9.17, 15) is 14.7 Å². The predicted molar refractivity (Wildman–Crippen MR) is 87.6 cm³/mol. The first-order valence-electron chi connectivity index (χ1n) is 6.62. The van der Waals surface area contributed by atoms with Crippen molar-refractivity contribution in [3.63, 3.8) is 0 Å². The van der Waals surface area contributed by atoms with Crippen LogP contribution in [0.25, 0.3) is 6.08 Å². The van der Waals surface area contributed by atoms with Crippen molar-refractivity contribution in [2.24, 2.45) is 0 Å². The molecule has 7 heteroatoms. The Morgan fingerprint density at radius 1 is 1.26 bits per heavy atom. The molecule has 0 bridgehead atoms. The summed E-state index contributed by atoms with van der Waals surface area (Å²) in [5, 5.41) is 16.3. The maximum absolute atomic E-state index is 11.7. The van der Waals surface area contributed by atoms with Crippen molar-refractivity contribution in [2.45, 2.75) is 6.92 Å². The number of hydrogen-bond acceptors (Lipinski definition) is 5. The lowest BCUT2D eigenvalue weighted by Gasteiger charge is -2.14. The van der Waals surface area contributed by atoms with Crippen LogP contribution in [0.5, 0.6) is 0 Å². The summed E-state index contributed by atoms with van der Waals surface area (Å²) < 4.78 is 5.06. The fraction of sp³-hybridized carbons (Fsp3) is 0.0625. The number of thiocarbonyl (C=S) groups is 1. The standard InChI is InChI=1S/C16H14N2O4S/c1-10-12(15(20)21)5-2-6-13(10)17-16(23)18-14(19)8-7-11-4-3-9-22-11/h2-9H,1H3,(H,20,21)(H2,17,18,19,23)/p-1/b8-7+. The number of rotatable bonds is 4. The number of hydrogen-bond donors (Lipinski definition) is 2. The number of carbonyl (C=O) groups is 2. The van der Waals surface area contributed by atoms with Crippen LogP contribution in [0.4, 0.5) is 5.69 Å². The van der Waals surface area contributed by atoms with E-state index in [4.69, 9.17) is 16.6 Å². The normalized spacial score (nSPS) is 10.5. The van der Waals surface area contributed by atoms with E-state index in [1.165, 1.54) is 24.5 Å². The van der Waals surface area contributed by atoms with E-state index in [0.717, 1.165) is 0 Å². The zero-order chi connectivity index (χ0) is 16.8. The van der Waals surface area contributed by atoms with Gasteiger partial charge in [-0.1, -0.05) is 12.1 Å². The van der Waals surface area contributed by atoms with Crippen LogP contribution < -0.4 is 15.7 Å². The number of carboxylic acid groups (broad SMARTS) is 1. The molecule has 118 valence electrons. The Bertz CT molecular complexity index is 766. The quantitative estimate of drug-likeness (QED) is 0.652. The van der Waals surface area contributed by atoms with Gasteiger partial charge in [0.2, 0.25) is 5.91 Å². The average molecular weight is 329 g/mol. The summed E-state index contributed by atoms with van der Waals surface area (Å²) in [6.07, 6.45) is 4.27. The Kier molecular flexibility index (Phi) is 5.27. The molecule has 1 heterocycles. The summed E-state index contributed by atoms with van der Waals surface area (Å²) in [7, 11) is 0. The van der Waals surface area contributed by atoms with E-state index >= 15 is 0 Å². The highest BCUT2D eigenvalue weighted by Gasteiger charge is 2.07. The average Bonchev–Trinajstić information content (AvgIpc) is 3.00. The Morgan fingerprint density at radius 2 is 2.04 bits per heavy atom. The SMILES string of the molecule is Cc1c(NC(=S)NC(=O)/C=C/c2ccco2)cccc1C(=O)[O-]. The monoisotopic (exact) mass is 329 g/mol. The number of aromatic carboxylic acids is 1. The van der Waals surface area contributed by atoms with Gasteiger partial charge >= 0.3 is 0 Å². The van der Waals surface area contributed by atoms with E-state index in [-0.39, 0.29) is 10.7 Å². The molecule has 0 fully saturated rings. The highest BCUT2D eigenvalue weighted by atomic mass is 32.1. The van der Waals surface area contributed by atoms with Crippen LogP contribution in [0.1, 0.15) is 21.7 Å². The largest absolute Gasteiger partial charge is 0.545 e. The van der Waals surface area contributed by atoms with Gasteiger partial charge in [-0.25, -0.2) is 0 Å². The zero-order valence-electron chi connectivity index (χ0n) is 12.2. The Balaban J connectivity index is 1.98. The van der Waals surface area contributed by atoms with Crippen molar-refractivity contribution < 1.29 is 19.1 Å². The third-order valence-electron chi connectivity index (χ3n) is 2.98. The fourth-order valence-electron chi connectivity index (χ4n) is 1.84. The first-order valence-corrected chi connectivity index (χ1v) is 7.02. The first-order chi connectivity index (χ1) is 11.0. The summed E-state index contributed by atoms with van der Waals surface area (Å²) in [4.78, 5) is 22.7. The number of carboxylic acids is 1. The third-order valence-corrected chi connectivity index (χ3v) is 3.18. The molecule has 2 rings (SSSR count). The van der Waals surface area contributed by atoms with E-state index in [0.29, 0.717) is 17.0 Å². The lowest BCUT2D eigenvalue weighted by atomic mass is 10.1. The summed E-state index contributed by atoms with van der Waals surface area (Å²) in [5.74, 6) is -1.17. The number of benzene rings is 1. The van der Waals surface area contributed by atoms with E-state index in [2.05, 4.69) is 10.6 Å². The molecule has 1 aromatic heterocycles. The molecular formula is C16H13N2O4S-. The van der Waals surface area contributed by atoms with Gasteiger partial charge in [-0.2, -0.15) is 0 Å². The Hall–Kier alpha value is -2.93. The van der Waals surface area contributed by atoms with Crippen molar-refractivity contribution in [3.05, 3.63) is 59.6 Å². The lowest BCUT2D eigenvalue weighted by Crippen LogP contribution is -2.33. The molecular weight excluding hydrogens is 316 g/mol. The maximum atomic E-state index is 11.7. The second-order valence-corrected chi connectivity index (χ2v) is 4.97. The topological polar surface area (TPSA) is 94.4 Å². The van der Waals surface area contributed by atoms with Gasteiger partial charge in [0.1, 0.15) is 5.76 Å². The first kappa shape index (κ1) is 16.4. The molecule has 1 aromatic carbocycles.